The Morgan fingerprint density at radius 2 is 2.03 bits per heavy atom. The molecule has 8 heteroatoms. The molecule has 4 atom stereocenters. The number of carbonyl (C=O) groups is 2. The van der Waals surface area contributed by atoms with Crippen molar-refractivity contribution in [1.82, 2.24) is 4.90 Å². The largest absolute Gasteiger partial charge is 0.508 e. The summed E-state index contributed by atoms with van der Waals surface area (Å²) in [7, 11) is 0.607. The topological polar surface area (TPSA) is 87.1 Å². The summed E-state index contributed by atoms with van der Waals surface area (Å²) in [5, 5.41) is 20.6. The van der Waals surface area contributed by atoms with Crippen LogP contribution in [0.1, 0.15) is 51.5 Å². The Kier molecular flexibility index (Phi) is 7.03. The fourth-order valence-corrected chi connectivity index (χ4v) is 6.07. The maximum Gasteiger partial charge on any atom is 0.455 e. The first-order valence-corrected chi connectivity index (χ1v) is 12.1. The second-order valence-electron chi connectivity index (χ2n) is 9.53. The molecule has 3 aliphatic rings. The lowest BCUT2D eigenvalue weighted by molar-refractivity contribution is -0.138. The molecular formula is C25H31BClNO5. The van der Waals surface area contributed by atoms with E-state index in [1.54, 1.807) is 19.2 Å². The molecule has 2 aliphatic heterocycles. The normalized spacial score (nSPS) is 27.8. The number of nitrogens with zero attached hydrogens (tertiary/aromatic N) is 1. The van der Waals surface area contributed by atoms with Gasteiger partial charge in [-0.15, -0.1) is 0 Å². The van der Waals surface area contributed by atoms with Crippen LogP contribution in [0.3, 0.4) is 0 Å². The van der Waals surface area contributed by atoms with E-state index >= 15 is 0 Å². The van der Waals surface area contributed by atoms with Crippen molar-refractivity contribution in [1.29, 1.82) is 0 Å². The summed E-state index contributed by atoms with van der Waals surface area (Å²) in [5.41, 5.74) is 4.27. The zero-order valence-corrected chi connectivity index (χ0v) is 20.1. The van der Waals surface area contributed by atoms with E-state index in [4.69, 9.17) is 16.3 Å². The Bertz CT molecular complexity index is 1020. The van der Waals surface area contributed by atoms with Crippen molar-refractivity contribution in [3.8, 4) is 5.75 Å². The number of aromatic hydroxyl groups is 1. The van der Waals surface area contributed by atoms with Crippen molar-refractivity contribution in [2.45, 2.75) is 58.4 Å². The third-order valence-electron chi connectivity index (χ3n) is 7.32. The van der Waals surface area contributed by atoms with Crippen molar-refractivity contribution in [3.63, 3.8) is 0 Å². The van der Waals surface area contributed by atoms with Gasteiger partial charge in [0.2, 0.25) is 11.8 Å². The van der Waals surface area contributed by atoms with E-state index < -0.39 is 13.0 Å². The molecule has 2 saturated heterocycles. The number of hydrogen-bond donors (Lipinski definition) is 2. The molecule has 2 amide bonds. The van der Waals surface area contributed by atoms with Gasteiger partial charge in [0.25, 0.3) is 0 Å². The van der Waals surface area contributed by atoms with Gasteiger partial charge in [-0.2, -0.15) is 0 Å². The number of fused-ring (bicyclic) bond motifs is 3. The number of phenols is 1. The number of amides is 2. The minimum atomic E-state index is -0.950. The minimum absolute atomic E-state index is 0.111. The Labute approximate surface area is 200 Å². The number of rotatable bonds is 6. The molecule has 4 rings (SSSR count). The number of phenolic OH excluding ortho intramolecular Hbond substituents is 1. The number of benzene rings is 1. The molecule has 6 nitrogen and oxygen atoms in total. The van der Waals surface area contributed by atoms with Crippen molar-refractivity contribution in [2.24, 2.45) is 17.8 Å². The molecule has 2 fully saturated rings. The van der Waals surface area contributed by atoms with Crippen LogP contribution in [0.15, 0.2) is 34.9 Å². The van der Waals surface area contributed by atoms with Crippen LogP contribution in [0, 0.1) is 17.8 Å². The van der Waals surface area contributed by atoms with E-state index in [1.807, 2.05) is 6.92 Å². The first-order chi connectivity index (χ1) is 15.7. The molecule has 0 saturated carbocycles. The number of hydrogen-bond acceptors (Lipinski definition) is 5. The molecule has 0 aromatic heterocycles. The molecule has 33 heavy (non-hydrogen) atoms. The van der Waals surface area contributed by atoms with Crippen LogP contribution in [0.25, 0.3) is 6.08 Å². The summed E-state index contributed by atoms with van der Waals surface area (Å²) in [6.45, 7) is 4.15. The number of halogens is 1. The summed E-state index contributed by atoms with van der Waals surface area (Å²) >= 11 is 6.31. The predicted octanol–water partition coefficient (Wildman–Crippen LogP) is 4.46. The fraction of sp³-hybridized carbons (Fsp3) is 0.520. The van der Waals surface area contributed by atoms with Gasteiger partial charge >= 0.3 is 7.12 Å². The molecule has 2 heterocycles. The minimum Gasteiger partial charge on any atom is -0.508 e. The highest BCUT2D eigenvalue weighted by molar-refractivity contribution is 6.43. The Hall–Kier alpha value is -2.09. The highest BCUT2D eigenvalue weighted by atomic mass is 35.5. The molecule has 0 bridgehead atoms. The number of carbonyl (C=O) groups excluding carboxylic acids is 2. The average molecular weight is 472 g/mol. The van der Waals surface area contributed by atoms with Gasteiger partial charge < -0.3 is 14.8 Å². The molecule has 0 radical (unpaired) electrons. The summed E-state index contributed by atoms with van der Waals surface area (Å²) in [6.07, 6.45) is 6.01. The average Bonchev–Trinajstić information content (AvgIpc) is 2.97. The summed E-state index contributed by atoms with van der Waals surface area (Å²) in [5.74, 6) is -1.00. The van der Waals surface area contributed by atoms with Gasteiger partial charge in [-0.1, -0.05) is 42.2 Å². The van der Waals surface area contributed by atoms with Crippen molar-refractivity contribution in [2.75, 3.05) is 7.05 Å². The van der Waals surface area contributed by atoms with Gasteiger partial charge in [-0.05, 0) is 74.2 Å². The SMILES string of the molecule is CCC/C(=C\c1ccc(O)cc1Cl)CC[C@H]1OB(O)C[C@H]2C1=C(C)C[C@H]1C(=O)N(C)C(=O)[C@H]12. The number of likely N-dealkylation sites (tertiary alicyclic amines) is 1. The van der Waals surface area contributed by atoms with Gasteiger partial charge in [0.1, 0.15) is 5.75 Å². The molecule has 0 unspecified atom stereocenters. The summed E-state index contributed by atoms with van der Waals surface area (Å²) in [6, 6.07) is 4.96. The zero-order chi connectivity index (χ0) is 23.9. The van der Waals surface area contributed by atoms with E-state index in [0.29, 0.717) is 24.2 Å². The van der Waals surface area contributed by atoms with Gasteiger partial charge in [0.05, 0.1) is 23.0 Å². The van der Waals surface area contributed by atoms with Crippen LogP contribution in [0.5, 0.6) is 5.75 Å². The zero-order valence-electron chi connectivity index (χ0n) is 19.4. The summed E-state index contributed by atoms with van der Waals surface area (Å²) < 4.78 is 5.98. The molecular weight excluding hydrogens is 441 g/mol. The van der Waals surface area contributed by atoms with E-state index in [1.165, 1.54) is 16.5 Å². The molecule has 176 valence electrons. The Morgan fingerprint density at radius 3 is 2.73 bits per heavy atom. The molecule has 1 aliphatic carbocycles. The second kappa shape index (κ2) is 9.65. The van der Waals surface area contributed by atoms with E-state index in [-0.39, 0.29) is 35.5 Å². The molecule has 1 aromatic rings. The van der Waals surface area contributed by atoms with Crippen LogP contribution in [-0.2, 0) is 14.2 Å². The van der Waals surface area contributed by atoms with Gasteiger partial charge in [-0.25, -0.2) is 0 Å². The van der Waals surface area contributed by atoms with Gasteiger partial charge in [-0.3, -0.25) is 14.5 Å². The van der Waals surface area contributed by atoms with Crippen molar-refractivity contribution >= 4 is 36.6 Å². The van der Waals surface area contributed by atoms with Crippen LogP contribution < -0.4 is 0 Å². The predicted molar refractivity (Wildman–Crippen MR) is 128 cm³/mol. The lowest BCUT2D eigenvalue weighted by Crippen LogP contribution is -2.45. The lowest BCUT2D eigenvalue weighted by Gasteiger charge is -2.42. The van der Waals surface area contributed by atoms with E-state index in [0.717, 1.165) is 36.0 Å². The van der Waals surface area contributed by atoms with Crippen molar-refractivity contribution < 1.29 is 24.4 Å². The first-order valence-electron chi connectivity index (χ1n) is 11.7. The molecule has 0 spiro atoms. The maximum atomic E-state index is 12.9. The Balaban J connectivity index is 1.57. The number of allylic oxidation sites excluding steroid dienone is 2. The maximum absolute atomic E-state index is 12.9. The molecule has 2 N–H and O–H groups in total. The second-order valence-corrected chi connectivity index (χ2v) is 9.93. The van der Waals surface area contributed by atoms with Gasteiger partial charge in [0, 0.05) is 7.05 Å². The summed E-state index contributed by atoms with van der Waals surface area (Å²) in [4.78, 5) is 26.7. The Morgan fingerprint density at radius 1 is 1.27 bits per heavy atom. The monoisotopic (exact) mass is 471 g/mol. The van der Waals surface area contributed by atoms with Crippen LogP contribution in [0.4, 0.5) is 0 Å². The van der Waals surface area contributed by atoms with E-state index in [9.17, 15) is 19.7 Å². The van der Waals surface area contributed by atoms with Crippen molar-refractivity contribution in [3.05, 3.63) is 45.5 Å². The highest BCUT2D eigenvalue weighted by Gasteiger charge is 2.55. The quantitative estimate of drug-likeness (QED) is 0.363. The lowest BCUT2D eigenvalue weighted by atomic mass is 9.58. The van der Waals surface area contributed by atoms with Crippen LogP contribution in [0.2, 0.25) is 11.3 Å². The van der Waals surface area contributed by atoms with Gasteiger partial charge in [0.15, 0.2) is 0 Å². The fourth-order valence-electron chi connectivity index (χ4n) is 5.84. The van der Waals surface area contributed by atoms with Crippen LogP contribution >= 0.6 is 11.6 Å². The number of imide groups is 1. The van der Waals surface area contributed by atoms with E-state index in [2.05, 4.69) is 13.0 Å². The highest BCUT2D eigenvalue weighted by Crippen LogP contribution is 2.50. The standard InChI is InChI=1S/C25H31BClNO5/c1-4-5-15(11-16-7-8-17(29)12-20(16)27)6-9-21-22-14(2)10-18-23(19(22)13-26(32)33-21)25(31)28(3)24(18)30/h7-8,11-12,18-19,21,23,29,32H,4-6,9-10,13H2,1-3H3/b15-11+/t18-,19+,21-,23-/m1/s1. The third kappa shape index (κ3) is 4.64. The molecule has 1 aromatic carbocycles. The third-order valence-corrected chi connectivity index (χ3v) is 7.64. The van der Waals surface area contributed by atoms with Crippen LogP contribution in [-0.4, -0.2) is 47.1 Å². The smallest absolute Gasteiger partial charge is 0.455 e. The first kappa shape index (κ1) is 24.1.